The van der Waals surface area contributed by atoms with E-state index in [1.807, 2.05) is 0 Å². The number of carboxylic acids is 1. The summed E-state index contributed by atoms with van der Waals surface area (Å²) in [5.41, 5.74) is 0.646. The maximum atomic E-state index is 10.9. The first-order chi connectivity index (χ1) is 8.54. The largest absolute Gasteiger partial charge is 0.480 e. The Morgan fingerprint density at radius 3 is 2.44 bits per heavy atom. The first-order valence-corrected chi connectivity index (χ1v) is 5.35. The van der Waals surface area contributed by atoms with E-state index in [4.69, 9.17) is 10.2 Å². The summed E-state index contributed by atoms with van der Waals surface area (Å²) >= 11 is 0. The van der Waals surface area contributed by atoms with E-state index in [1.165, 1.54) is 24.3 Å². The molecule has 0 radical (unpaired) electrons. The Hall–Kier alpha value is -1.99. The average Bonchev–Trinajstić information content (AvgIpc) is 2.34. The minimum Gasteiger partial charge on any atom is -0.480 e. The van der Waals surface area contributed by atoms with Crippen molar-refractivity contribution in [2.75, 3.05) is 13.2 Å². The number of carbonyl (C=O) groups is 1. The van der Waals surface area contributed by atoms with Crippen LogP contribution < -0.4 is 5.32 Å². The van der Waals surface area contributed by atoms with Crippen LogP contribution in [0.5, 0.6) is 0 Å². The Labute approximate surface area is 103 Å². The molecule has 3 N–H and O–H groups in total. The van der Waals surface area contributed by atoms with E-state index in [0.717, 1.165) is 0 Å². The first-order valence-electron chi connectivity index (χ1n) is 5.35. The number of rotatable bonds is 7. The molecule has 1 rings (SSSR count). The molecular formula is C11H14N2O5. The van der Waals surface area contributed by atoms with E-state index in [0.29, 0.717) is 5.56 Å². The number of hydrogen-bond donors (Lipinski definition) is 3. The van der Waals surface area contributed by atoms with Gasteiger partial charge in [-0.15, -0.1) is 0 Å². The fourth-order valence-corrected chi connectivity index (χ4v) is 1.48. The fourth-order valence-electron chi connectivity index (χ4n) is 1.48. The molecule has 0 heterocycles. The van der Waals surface area contributed by atoms with E-state index < -0.39 is 16.9 Å². The second-order valence-electron chi connectivity index (χ2n) is 3.70. The molecule has 0 aliphatic carbocycles. The lowest BCUT2D eigenvalue weighted by Crippen LogP contribution is -2.39. The molecule has 0 saturated heterocycles. The minimum atomic E-state index is -1.03. The van der Waals surface area contributed by atoms with E-state index in [2.05, 4.69) is 5.32 Å². The Morgan fingerprint density at radius 2 is 2.00 bits per heavy atom. The second-order valence-corrected chi connectivity index (χ2v) is 3.70. The monoisotopic (exact) mass is 254 g/mol. The number of aliphatic hydroxyl groups is 1. The minimum absolute atomic E-state index is 0.0334. The highest BCUT2D eigenvalue weighted by molar-refractivity contribution is 5.73. The molecular weight excluding hydrogens is 240 g/mol. The van der Waals surface area contributed by atoms with Crippen LogP contribution in [0.1, 0.15) is 5.56 Å². The van der Waals surface area contributed by atoms with Gasteiger partial charge in [-0.2, -0.15) is 0 Å². The number of nitrogens with zero attached hydrogens (tertiary/aromatic N) is 1. The van der Waals surface area contributed by atoms with Gasteiger partial charge in [0, 0.05) is 18.7 Å². The molecule has 18 heavy (non-hydrogen) atoms. The van der Waals surface area contributed by atoms with Crippen molar-refractivity contribution >= 4 is 11.7 Å². The highest BCUT2D eigenvalue weighted by Gasteiger charge is 2.17. The third-order valence-corrected chi connectivity index (χ3v) is 2.39. The number of nitrogens with one attached hydrogen (secondary N) is 1. The maximum Gasteiger partial charge on any atom is 0.321 e. The van der Waals surface area contributed by atoms with E-state index in [-0.39, 0.29) is 25.3 Å². The van der Waals surface area contributed by atoms with Gasteiger partial charge in [0.1, 0.15) is 6.04 Å². The molecule has 0 aliphatic heterocycles. The zero-order valence-electron chi connectivity index (χ0n) is 9.57. The third-order valence-electron chi connectivity index (χ3n) is 2.39. The Balaban J connectivity index is 2.68. The first kappa shape index (κ1) is 14.1. The van der Waals surface area contributed by atoms with Crippen molar-refractivity contribution in [3.63, 3.8) is 0 Å². The van der Waals surface area contributed by atoms with Crippen molar-refractivity contribution < 1.29 is 19.9 Å². The summed E-state index contributed by atoms with van der Waals surface area (Å²) < 4.78 is 0. The molecule has 0 spiro atoms. The summed E-state index contributed by atoms with van der Waals surface area (Å²) in [7, 11) is 0. The van der Waals surface area contributed by atoms with E-state index >= 15 is 0 Å². The zero-order valence-corrected chi connectivity index (χ0v) is 9.57. The number of hydrogen-bond acceptors (Lipinski definition) is 5. The average molecular weight is 254 g/mol. The van der Waals surface area contributed by atoms with Crippen LogP contribution in [0.2, 0.25) is 0 Å². The van der Waals surface area contributed by atoms with Gasteiger partial charge in [-0.25, -0.2) is 0 Å². The van der Waals surface area contributed by atoms with Crippen LogP contribution in [-0.4, -0.2) is 40.3 Å². The van der Waals surface area contributed by atoms with Crippen molar-refractivity contribution in [2.24, 2.45) is 0 Å². The molecule has 1 aromatic rings. The van der Waals surface area contributed by atoms with Crippen LogP contribution in [0.4, 0.5) is 5.69 Å². The smallest absolute Gasteiger partial charge is 0.321 e. The fraction of sp³-hybridized carbons (Fsp3) is 0.364. The zero-order chi connectivity index (χ0) is 13.5. The molecule has 0 amide bonds. The highest BCUT2D eigenvalue weighted by atomic mass is 16.6. The Bertz CT molecular complexity index is 418. The number of nitro benzene ring substituents is 1. The normalized spacial score (nSPS) is 12.1. The van der Waals surface area contributed by atoms with Crippen LogP contribution >= 0.6 is 0 Å². The number of non-ortho nitro benzene ring substituents is 1. The molecule has 0 fully saturated rings. The molecule has 98 valence electrons. The summed E-state index contributed by atoms with van der Waals surface area (Å²) in [4.78, 5) is 20.9. The summed E-state index contributed by atoms with van der Waals surface area (Å²) in [5, 5.41) is 30.7. The Morgan fingerprint density at radius 1 is 1.39 bits per heavy atom. The highest BCUT2D eigenvalue weighted by Crippen LogP contribution is 2.13. The number of nitro groups is 1. The van der Waals surface area contributed by atoms with Gasteiger partial charge in [-0.1, -0.05) is 12.1 Å². The van der Waals surface area contributed by atoms with E-state index in [9.17, 15) is 14.9 Å². The lowest BCUT2D eigenvalue weighted by Gasteiger charge is -2.13. The SMILES string of the molecule is O=C(O)[C@H](Cc1ccc([N+](=O)[O-])cc1)NCCO. The van der Waals surface area contributed by atoms with E-state index in [1.54, 1.807) is 0 Å². The predicted octanol–water partition coefficient (Wildman–Crippen LogP) is 0.172. The van der Waals surface area contributed by atoms with Gasteiger partial charge >= 0.3 is 5.97 Å². The summed E-state index contributed by atoms with van der Waals surface area (Å²) in [5.74, 6) is -1.03. The summed E-state index contributed by atoms with van der Waals surface area (Å²) in [6, 6.07) is 4.89. The van der Waals surface area contributed by atoms with Gasteiger partial charge in [-0.05, 0) is 12.0 Å². The molecule has 0 unspecified atom stereocenters. The number of carboxylic acid groups (broad SMARTS) is 1. The van der Waals surface area contributed by atoms with Crippen molar-refractivity contribution in [1.82, 2.24) is 5.32 Å². The van der Waals surface area contributed by atoms with Gasteiger partial charge in [-0.3, -0.25) is 14.9 Å². The number of aliphatic carboxylic acids is 1. The summed E-state index contributed by atoms with van der Waals surface area (Å²) in [6.07, 6.45) is 0.202. The standard InChI is InChI=1S/C11H14N2O5/c14-6-5-12-10(11(15)16)7-8-1-3-9(4-2-8)13(17)18/h1-4,10,12,14H,5-7H2,(H,15,16)/t10-/m0/s1. The van der Waals surface area contributed by atoms with Gasteiger partial charge in [0.15, 0.2) is 0 Å². The lowest BCUT2D eigenvalue weighted by atomic mass is 10.1. The summed E-state index contributed by atoms with van der Waals surface area (Å²) in [6.45, 7) is 0.0357. The second kappa shape index (κ2) is 6.67. The number of benzene rings is 1. The molecule has 7 nitrogen and oxygen atoms in total. The van der Waals surface area contributed by atoms with Crippen LogP contribution in [0.25, 0.3) is 0 Å². The van der Waals surface area contributed by atoms with Crippen LogP contribution in [0, 0.1) is 10.1 Å². The number of aliphatic hydroxyl groups excluding tert-OH is 1. The molecule has 0 saturated carbocycles. The lowest BCUT2D eigenvalue weighted by molar-refractivity contribution is -0.384. The third kappa shape index (κ3) is 4.11. The molecule has 1 atom stereocenters. The van der Waals surface area contributed by atoms with Crippen molar-refractivity contribution in [1.29, 1.82) is 0 Å². The molecule has 7 heteroatoms. The maximum absolute atomic E-state index is 10.9. The predicted molar refractivity (Wildman–Crippen MR) is 63.3 cm³/mol. The quantitative estimate of drug-likeness (QED) is 0.472. The molecule has 0 bridgehead atoms. The van der Waals surface area contributed by atoms with Gasteiger partial charge < -0.3 is 15.5 Å². The Kier molecular flexibility index (Phi) is 5.22. The molecule has 1 aromatic carbocycles. The van der Waals surface area contributed by atoms with Crippen molar-refractivity contribution in [3.05, 3.63) is 39.9 Å². The van der Waals surface area contributed by atoms with Gasteiger partial charge in [0.05, 0.1) is 11.5 Å². The van der Waals surface area contributed by atoms with Gasteiger partial charge in [0.25, 0.3) is 5.69 Å². The van der Waals surface area contributed by atoms with Gasteiger partial charge in [0.2, 0.25) is 0 Å². The van der Waals surface area contributed by atoms with Crippen molar-refractivity contribution in [3.8, 4) is 0 Å². The van der Waals surface area contributed by atoms with Crippen LogP contribution in [0.3, 0.4) is 0 Å². The van der Waals surface area contributed by atoms with Crippen LogP contribution in [0.15, 0.2) is 24.3 Å². The topological polar surface area (TPSA) is 113 Å². The molecule has 0 aliphatic rings. The van der Waals surface area contributed by atoms with Crippen molar-refractivity contribution in [2.45, 2.75) is 12.5 Å². The molecule has 0 aromatic heterocycles. The van der Waals surface area contributed by atoms with Crippen LogP contribution in [-0.2, 0) is 11.2 Å².